The van der Waals surface area contributed by atoms with Crippen LogP contribution in [0.3, 0.4) is 0 Å². The zero-order valence-corrected chi connectivity index (χ0v) is 10.1. The minimum Gasteiger partial charge on any atom is -0.374 e. The maximum atomic E-state index is 5.52. The average Bonchev–Trinajstić information content (AvgIpc) is 2.26. The Hall–Kier alpha value is -0.860. The van der Waals surface area contributed by atoms with Crippen LogP contribution in [0.15, 0.2) is 24.3 Å². The van der Waals surface area contributed by atoms with Crippen molar-refractivity contribution >= 4 is 0 Å². The lowest BCUT2D eigenvalue weighted by Gasteiger charge is -2.26. The molecule has 0 aliphatic carbocycles. The molecule has 0 heterocycles. The van der Waals surface area contributed by atoms with E-state index in [9.17, 15) is 0 Å². The molecule has 1 aromatic carbocycles. The van der Waals surface area contributed by atoms with E-state index in [-0.39, 0.29) is 5.60 Å². The summed E-state index contributed by atoms with van der Waals surface area (Å²) < 4.78 is 5.52. The Morgan fingerprint density at radius 1 is 1.27 bits per heavy atom. The molecule has 1 rings (SSSR count). The van der Waals surface area contributed by atoms with E-state index >= 15 is 0 Å². The highest BCUT2D eigenvalue weighted by atomic mass is 16.5. The van der Waals surface area contributed by atoms with Crippen molar-refractivity contribution in [2.24, 2.45) is 0 Å². The molecular formula is C13H21NO. The first-order chi connectivity index (χ1) is 7.11. The van der Waals surface area contributed by atoms with Gasteiger partial charge in [-0.2, -0.15) is 0 Å². The molecule has 2 nitrogen and oxygen atoms in total. The Balaban J connectivity index is 2.95. The maximum Gasteiger partial charge on any atom is 0.0874 e. The number of ether oxygens (including phenoxy) is 1. The van der Waals surface area contributed by atoms with E-state index < -0.39 is 0 Å². The van der Waals surface area contributed by atoms with Gasteiger partial charge in [0.15, 0.2) is 0 Å². The monoisotopic (exact) mass is 207 g/mol. The standard InChI is InChI=1S/C13H21NO/c1-13(2,15-4)12-8-6-5-7-11(12)9-10-14-3/h5-8,14H,9-10H2,1-4H3. The quantitative estimate of drug-likeness (QED) is 0.800. The number of nitrogens with one attached hydrogen (secondary N) is 1. The van der Waals surface area contributed by atoms with Gasteiger partial charge >= 0.3 is 0 Å². The largest absolute Gasteiger partial charge is 0.374 e. The fourth-order valence-corrected chi connectivity index (χ4v) is 1.70. The number of hydrogen-bond donors (Lipinski definition) is 1. The molecule has 0 spiro atoms. The van der Waals surface area contributed by atoms with Crippen molar-refractivity contribution < 1.29 is 4.74 Å². The van der Waals surface area contributed by atoms with Crippen molar-refractivity contribution in [3.8, 4) is 0 Å². The lowest BCUT2D eigenvalue weighted by Crippen LogP contribution is -2.22. The third kappa shape index (κ3) is 3.05. The van der Waals surface area contributed by atoms with Crippen LogP contribution in [-0.2, 0) is 16.8 Å². The van der Waals surface area contributed by atoms with Crippen LogP contribution in [0.5, 0.6) is 0 Å². The van der Waals surface area contributed by atoms with Crippen molar-refractivity contribution in [2.45, 2.75) is 25.9 Å². The highest BCUT2D eigenvalue weighted by Gasteiger charge is 2.21. The average molecular weight is 207 g/mol. The zero-order chi connectivity index (χ0) is 11.3. The van der Waals surface area contributed by atoms with Gasteiger partial charge < -0.3 is 10.1 Å². The van der Waals surface area contributed by atoms with Crippen molar-refractivity contribution in [2.75, 3.05) is 20.7 Å². The smallest absolute Gasteiger partial charge is 0.0874 e. The van der Waals surface area contributed by atoms with Crippen LogP contribution >= 0.6 is 0 Å². The molecule has 0 aliphatic heterocycles. The summed E-state index contributed by atoms with van der Waals surface area (Å²) >= 11 is 0. The van der Waals surface area contributed by atoms with Crippen LogP contribution in [0, 0.1) is 0 Å². The van der Waals surface area contributed by atoms with E-state index in [1.54, 1.807) is 7.11 Å². The van der Waals surface area contributed by atoms with Gasteiger partial charge in [-0.25, -0.2) is 0 Å². The van der Waals surface area contributed by atoms with Gasteiger partial charge in [-0.1, -0.05) is 24.3 Å². The molecule has 0 bridgehead atoms. The second kappa shape index (κ2) is 5.29. The van der Waals surface area contributed by atoms with Gasteiger partial charge in [-0.15, -0.1) is 0 Å². The van der Waals surface area contributed by atoms with Crippen molar-refractivity contribution in [1.82, 2.24) is 5.32 Å². The van der Waals surface area contributed by atoms with E-state index in [0.717, 1.165) is 13.0 Å². The summed E-state index contributed by atoms with van der Waals surface area (Å²) in [5.74, 6) is 0. The van der Waals surface area contributed by atoms with Gasteiger partial charge in [0.2, 0.25) is 0 Å². The second-order valence-electron chi connectivity index (χ2n) is 4.23. The number of benzene rings is 1. The van der Waals surface area contributed by atoms with E-state index in [1.165, 1.54) is 11.1 Å². The summed E-state index contributed by atoms with van der Waals surface area (Å²) in [4.78, 5) is 0. The van der Waals surface area contributed by atoms with E-state index in [1.807, 2.05) is 7.05 Å². The van der Waals surface area contributed by atoms with Gasteiger partial charge in [0.25, 0.3) is 0 Å². The summed E-state index contributed by atoms with van der Waals surface area (Å²) in [6.07, 6.45) is 1.04. The maximum absolute atomic E-state index is 5.52. The zero-order valence-electron chi connectivity index (χ0n) is 10.1. The van der Waals surface area contributed by atoms with Crippen LogP contribution in [0.4, 0.5) is 0 Å². The molecule has 0 unspecified atom stereocenters. The Bertz CT molecular complexity index is 307. The van der Waals surface area contributed by atoms with Crippen LogP contribution in [-0.4, -0.2) is 20.7 Å². The fraction of sp³-hybridized carbons (Fsp3) is 0.538. The predicted molar refractivity (Wildman–Crippen MR) is 64.1 cm³/mol. The van der Waals surface area contributed by atoms with Gasteiger partial charge in [0.1, 0.15) is 0 Å². The Kier molecular flexibility index (Phi) is 4.30. The molecule has 0 aromatic heterocycles. The molecule has 0 saturated heterocycles. The molecule has 15 heavy (non-hydrogen) atoms. The first-order valence-electron chi connectivity index (χ1n) is 5.40. The van der Waals surface area contributed by atoms with Crippen molar-refractivity contribution in [1.29, 1.82) is 0 Å². The van der Waals surface area contributed by atoms with Crippen LogP contribution < -0.4 is 5.32 Å². The Labute approximate surface area is 92.6 Å². The molecule has 2 heteroatoms. The van der Waals surface area contributed by atoms with E-state index in [4.69, 9.17) is 4.74 Å². The van der Waals surface area contributed by atoms with Gasteiger partial charge in [-0.05, 0) is 45.0 Å². The van der Waals surface area contributed by atoms with Gasteiger partial charge in [0, 0.05) is 7.11 Å². The van der Waals surface area contributed by atoms with Crippen LogP contribution in [0.2, 0.25) is 0 Å². The highest BCUT2D eigenvalue weighted by Crippen LogP contribution is 2.27. The molecule has 1 aromatic rings. The SMILES string of the molecule is CNCCc1ccccc1C(C)(C)OC. The first-order valence-corrected chi connectivity index (χ1v) is 5.40. The lowest BCUT2D eigenvalue weighted by atomic mass is 9.91. The summed E-state index contributed by atoms with van der Waals surface area (Å²) in [6.45, 7) is 5.20. The number of likely N-dealkylation sites (N-methyl/N-ethyl adjacent to an activating group) is 1. The normalized spacial score (nSPS) is 11.7. The van der Waals surface area contributed by atoms with Gasteiger partial charge in [-0.3, -0.25) is 0 Å². The third-order valence-electron chi connectivity index (χ3n) is 2.82. The fourth-order valence-electron chi connectivity index (χ4n) is 1.70. The Morgan fingerprint density at radius 2 is 1.93 bits per heavy atom. The topological polar surface area (TPSA) is 21.3 Å². The lowest BCUT2D eigenvalue weighted by molar-refractivity contribution is 0.0185. The third-order valence-corrected chi connectivity index (χ3v) is 2.82. The molecule has 84 valence electrons. The molecule has 0 atom stereocenters. The molecule has 0 fully saturated rings. The summed E-state index contributed by atoms with van der Waals surface area (Å²) in [7, 11) is 3.74. The number of rotatable bonds is 5. The predicted octanol–water partition coefficient (Wildman–Crippen LogP) is 2.33. The second-order valence-corrected chi connectivity index (χ2v) is 4.23. The van der Waals surface area contributed by atoms with E-state index in [0.29, 0.717) is 0 Å². The molecule has 0 radical (unpaired) electrons. The Morgan fingerprint density at radius 3 is 2.53 bits per heavy atom. The first kappa shape index (κ1) is 12.2. The number of methoxy groups -OCH3 is 1. The summed E-state index contributed by atoms with van der Waals surface area (Å²) in [5.41, 5.74) is 2.44. The van der Waals surface area contributed by atoms with Crippen LogP contribution in [0.25, 0.3) is 0 Å². The summed E-state index contributed by atoms with van der Waals surface area (Å²) in [6, 6.07) is 8.47. The molecule has 1 N–H and O–H groups in total. The van der Waals surface area contributed by atoms with Gasteiger partial charge in [0.05, 0.1) is 5.60 Å². The molecular weight excluding hydrogens is 186 g/mol. The molecule has 0 amide bonds. The van der Waals surface area contributed by atoms with Crippen molar-refractivity contribution in [3.63, 3.8) is 0 Å². The minimum atomic E-state index is -0.204. The molecule has 0 saturated carbocycles. The highest BCUT2D eigenvalue weighted by molar-refractivity contribution is 5.32. The van der Waals surface area contributed by atoms with Crippen LogP contribution in [0.1, 0.15) is 25.0 Å². The van der Waals surface area contributed by atoms with Crippen molar-refractivity contribution in [3.05, 3.63) is 35.4 Å². The minimum absolute atomic E-state index is 0.204. The van der Waals surface area contributed by atoms with E-state index in [2.05, 4.69) is 43.4 Å². The summed E-state index contributed by atoms with van der Waals surface area (Å²) in [5, 5.41) is 3.17. The number of hydrogen-bond acceptors (Lipinski definition) is 2. The molecule has 0 aliphatic rings.